The average molecular weight is 489 g/mol. The Morgan fingerprint density at radius 1 is 1.06 bits per heavy atom. The van der Waals surface area contributed by atoms with Gasteiger partial charge in [-0.15, -0.1) is 0 Å². The van der Waals surface area contributed by atoms with Crippen molar-refractivity contribution in [3.63, 3.8) is 0 Å². The summed E-state index contributed by atoms with van der Waals surface area (Å²) in [4.78, 5) is 13.0. The van der Waals surface area contributed by atoms with E-state index in [1.807, 2.05) is 6.92 Å². The summed E-state index contributed by atoms with van der Waals surface area (Å²) < 4.78 is 44.1. The summed E-state index contributed by atoms with van der Waals surface area (Å²) in [5, 5.41) is 3.00. The number of hydrogen-bond donors (Lipinski definition) is 1. The molecule has 1 aliphatic heterocycles. The molecule has 1 aliphatic rings. The Balaban J connectivity index is 1.69. The van der Waals surface area contributed by atoms with Gasteiger partial charge >= 0.3 is 0 Å². The molecule has 0 aromatic heterocycles. The van der Waals surface area contributed by atoms with Crippen LogP contribution in [-0.4, -0.2) is 34.8 Å². The standard InChI is InChI=1S/C23H21ClN2O6S/c1-15-3-7-18(8-4-15)33(28,29)26(19-11-16(24)5-9-20(19)30-2)13-23(27)25-17-6-10-21-22(12-17)32-14-31-21/h3-12H,13-14H2,1-2H3,(H,25,27). The zero-order valence-electron chi connectivity index (χ0n) is 17.9. The van der Waals surface area contributed by atoms with Crippen molar-refractivity contribution in [1.29, 1.82) is 0 Å². The molecule has 10 heteroatoms. The van der Waals surface area contributed by atoms with Crippen LogP contribution in [0.15, 0.2) is 65.6 Å². The first-order valence-corrected chi connectivity index (χ1v) is 11.7. The molecule has 3 aromatic rings. The van der Waals surface area contributed by atoms with E-state index in [2.05, 4.69) is 5.32 Å². The number of sulfonamides is 1. The van der Waals surface area contributed by atoms with E-state index in [1.54, 1.807) is 42.5 Å². The molecule has 0 spiro atoms. The number of hydrogen-bond acceptors (Lipinski definition) is 6. The van der Waals surface area contributed by atoms with Gasteiger partial charge in [-0.2, -0.15) is 0 Å². The summed E-state index contributed by atoms with van der Waals surface area (Å²) in [5.74, 6) is 0.756. The first-order chi connectivity index (χ1) is 15.8. The van der Waals surface area contributed by atoms with Crippen LogP contribution in [0.5, 0.6) is 17.2 Å². The van der Waals surface area contributed by atoms with Crippen molar-refractivity contribution in [1.82, 2.24) is 0 Å². The Morgan fingerprint density at radius 3 is 2.52 bits per heavy atom. The van der Waals surface area contributed by atoms with Crippen LogP contribution in [0.4, 0.5) is 11.4 Å². The van der Waals surface area contributed by atoms with Gasteiger partial charge in [0.15, 0.2) is 11.5 Å². The third-order valence-electron chi connectivity index (χ3n) is 4.96. The molecule has 33 heavy (non-hydrogen) atoms. The molecule has 0 bridgehead atoms. The molecule has 1 heterocycles. The molecule has 0 saturated carbocycles. The number of anilines is 2. The van der Waals surface area contributed by atoms with Crippen molar-refractivity contribution in [2.24, 2.45) is 0 Å². The molecule has 0 saturated heterocycles. The van der Waals surface area contributed by atoms with E-state index in [-0.39, 0.29) is 23.1 Å². The quantitative estimate of drug-likeness (QED) is 0.535. The van der Waals surface area contributed by atoms with E-state index in [4.69, 9.17) is 25.8 Å². The van der Waals surface area contributed by atoms with Gasteiger partial charge in [-0.05, 0) is 49.4 Å². The van der Waals surface area contributed by atoms with Crippen molar-refractivity contribution in [2.45, 2.75) is 11.8 Å². The number of rotatable bonds is 7. The van der Waals surface area contributed by atoms with E-state index in [0.29, 0.717) is 22.2 Å². The van der Waals surface area contributed by atoms with Crippen molar-refractivity contribution < 1.29 is 27.4 Å². The molecule has 0 aliphatic carbocycles. The van der Waals surface area contributed by atoms with Crippen LogP contribution in [0.1, 0.15) is 5.56 Å². The molecule has 0 unspecified atom stereocenters. The predicted octanol–water partition coefficient (Wildman–Crippen LogP) is 4.22. The fraction of sp³-hybridized carbons (Fsp3) is 0.174. The maximum Gasteiger partial charge on any atom is 0.264 e. The van der Waals surface area contributed by atoms with Crippen LogP contribution >= 0.6 is 11.6 Å². The first-order valence-electron chi connectivity index (χ1n) is 9.90. The Labute approximate surface area is 196 Å². The van der Waals surface area contributed by atoms with E-state index in [9.17, 15) is 13.2 Å². The molecule has 1 amide bonds. The van der Waals surface area contributed by atoms with E-state index in [0.717, 1.165) is 9.87 Å². The minimum Gasteiger partial charge on any atom is -0.495 e. The van der Waals surface area contributed by atoms with E-state index >= 15 is 0 Å². The van der Waals surface area contributed by atoms with Gasteiger partial charge in [-0.3, -0.25) is 9.10 Å². The number of amides is 1. The van der Waals surface area contributed by atoms with E-state index in [1.165, 1.54) is 25.3 Å². The molecule has 4 rings (SSSR count). The summed E-state index contributed by atoms with van der Waals surface area (Å²) in [6, 6.07) is 15.8. The maximum absolute atomic E-state index is 13.6. The normalized spacial score (nSPS) is 12.3. The Morgan fingerprint density at radius 2 is 1.79 bits per heavy atom. The van der Waals surface area contributed by atoms with Crippen LogP contribution in [0.2, 0.25) is 5.02 Å². The van der Waals surface area contributed by atoms with Crippen molar-refractivity contribution in [3.8, 4) is 17.2 Å². The molecule has 0 radical (unpaired) electrons. The van der Waals surface area contributed by atoms with Crippen LogP contribution < -0.4 is 23.8 Å². The van der Waals surface area contributed by atoms with Gasteiger partial charge in [0.1, 0.15) is 12.3 Å². The minimum absolute atomic E-state index is 0.0333. The Hall–Kier alpha value is -3.43. The molecule has 0 fully saturated rings. The number of nitrogens with zero attached hydrogens (tertiary/aromatic N) is 1. The highest BCUT2D eigenvalue weighted by Crippen LogP contribution is 2.36. The number of nitrogens with one attached hydrogen (secondary N) is 1. The lowest BCUT2D eigenvalue weighted by Crippen LogP contribution is -2.38. The second-order valence-corrected chi connectivity index (χ2v) is 9.56. The lowest BCUT2D eigenvalue weighted by Gasteiger charge is -2.26. The average Bonchev–Trinajstić information content (AvgIpc) is 3.25. The highest BCUT2D eigenvalue weighted by Gasteiger charge is 2.30. The number of fused-ring (bicyclic) bond motifs is 1. The zero-order valence-corrected chi connectivity index (χ0v) is 19.4. The Kier molecular flexibility index (Phi) is 6.35. The molecule has 3 aromatic carbocycles. The van der Waals surface area contributed by atoms with Crippen LogP contribution in [0, 0.1) is 6.92 Å². The lowest BCUT2D eigenvalue weighted by molar-refractivity contribution is -0.114. The zero-order chi connectivity index (χ0) is 23.6. The van der Waals surface area contributed by atoms with Crippen LogP contribution in [-0.2, 0) is 14.8 Å². The van der Waals surface area contributed by atoms with Gasteiger partial charge in [-0.25, -0.2) is 8.42 Å². The van der Waals surface area contributed by atoms with Gasteiger partial charge in [0.05, 0.1) is 17.7 Å². The largest absolute Gasteiger partial charge is 0.495 e. The summed E-state index contributed by atoms with van der Waals surface area (Å²) in [7, 11) is -2.72. The fourth-order valence-corrected chi connectivity index (χ4v) is 4.89. The number of methoxy groups -OCH3 is 1. The minimum atomic E-state index is -4.13. The molecule has 8 nitrogen and oxygen atoms in total. The van der Waals surface area contributed by atoms with Crippen molar-refractivity contribution in [3.05, 3.63) is 71.2 Å². The van der Waals surface area contributed by atoms with Crippen LogP contribution in [0.3, 0.4) is 0 Å². The molecule has 0 atom stereocenters. The first kappa shape index (κ1) is 22.8. The summed E-state index contributed by atoms with van der Waals surface area (Å²) >= 11 is 6.15. The van der Waals surface area contributed by atoms with Crippen molar-refractivity contribution >= 4 is 38.9 Å². The van der Waals surface area contributed by atoms with Gasteiger partial charge < -0.3 is 19.5 Å². The predicted molar refractivity (Wildman–Crippen MR) is 125 cm³/mol. The number of carbonyl (C=O) groups excluding carboxylic acids is 1. The fourth-order valence-electron chi connectivity index (χ4n) is 3.30. The van der Waals surface area contributed by atoms with Gasteiger partial charge in [-0.1, -0.05) is 29.3 Å². The second kappa shape index (κ2) is 9.21. The highest BCUT2D eigenvalue weighted by molar-refractivity contribution is 7.92. The lowest BCUT2D eigenvalue weighted by atomic mass is 10.2. The molecular formula is C23H21ClN2O6S. The highest BCUT2D eigenvalue weighted by atomic mass is 35.5. The van der Waals surface area contributed by atoms with Crippen molar-refractivity contribution in [2.75, 3.05) is 30.1 Å². The topological polar surface area (TPSA) is 94.2 Å². The number of halogens is 1. The summed E-state index contributed by atoms with van der Waals surface area (Å²) in [5.41, 5.74) is 1.49. The maximum atomic E-state index is 13.6. The monoisotopic (exact) mass is 488 g/mol. The van der Waals surface area contributed by atoms with Gasteiger partial charge in [0.2, 0.25) is 12.7 Å². The number of ether oxygens (including phenoxy) is 3. The van der Waals surface area contributed by atoms with Gasteiger partial charge in [0.25, 0.3) is 10.0 Å². The molecule has 1 N–H and O–H groups in total. The van der Waals surface area contributed by atoms with Gasteiger partial charge in [0, 0.05) is 16.8 Å². The molecular weight excluding hydrogens is 468 g/mol. The third-order valence-corrected chi connectivity index (χ3v) is 6.97. The summed E-state index contributed by atoms with van der Waals surface area (Å²) in [6.45, 7) is 1.44. The number of benzene rings is 3. The smallest absolute Gasteiger partial charge is 0.264 e. The Bertz CT molecular complexity index is 1290. The number of carbonyl (C=O) groups is 1. The van der Waals surface area contributed by atoms with Crippen LogP contribution in [0.25, 0.3) is 0 Å². The van der Waals surface area contributed by atoms with E-state index < -0.39 is 22.5 Å². The third kappa shape index (κ3) is 4.84. The number of aryl methyl sites for hydroxylation is 1. The summed E-state index contributed by atoms with van der Waals surface area (Å²) in [6.07, 6.45) is 0. The SMILES string of the molecule is COc1ccc(Cl)cc1N(CC(=O)Nc1ccc2c(c1)OCO2)S(=O)(=O)c1ccc(C)cc1. The second-order valence-electron chi connectivity index (χ2n) is 7.26. The molecule has 172 valence electrons.